The topological polar surface area (TPSA) is 115 Å². The van der Waals surface area contributed by atoms with Crippen molar-refractivity contribution < 1.29 is 24.0 Å². The third kappa shape index (κ3) is 4.50. The molecule has 2 N–H and O–H groups in total. The molecule has 1 unspecified atom stereocenters. The Labute approximate surface area is 154 Å². The van der Waals surface area contributed by atoms with Crippen molar-refractivity contribution in [1.29, 1.82) is 0 Å². The molecule has 0 fully saturated rings. The van der Waals surface area contributed by atoms with Crippen LogP contribution in [0.1, 0.15) is 22.2 Å². The van der Waals surface area contributed by atoms with Crippen LogP contribution in [-0.2, 0) is 0 Å². The summed E-state index contributed by atoms with van der Waals surface area (Å²) in [4.78, 5) is 23.0. The number of furan rings is 1. The van der Waals surface area contributed by atoms with E-state index in [0.717, 1.165) is 6.07 Å². The van der Waals surface area contributed by atoms with E-state index >= 15 is 0 Å². The van der Waals surface area contributed by atoms with Gasteiger partial charge in [0.1, 0.15) is 23.4 Å². The number of aliphatic hydroxyl groups is 1. The van der Waals surface area contributed by atoms with Gasteiger partial charge in [0.05, 0.1) is 23.3 Å². The summed E-state index contributed by atoms with van der Waals surface area (Å²) < 4.78 is 10.8. The summed E-state index contributed by atoms with van der Waals surface area (Å²) in [6.45, 7) is -0.125. The molecule has 1 atom stereocenters. The summed E-state index contributed by atoms with van der Waals surface area (Å²) in [5.74, 6) is 0.332. The van der Waals surface area contributed by atoms with E-state index < -0.39 is 16.9 Å². The molecule has 1 aromatic heterocycles. The molecule has 8 heteroatoms. The summed E-state index contributed by atoms with van der Waals surface area (Å²) in [6, 6.07) is 15.7. The molecule has 0 radical (unpaired) electrons. The summed E-state index contributed by atoms with van der Waals surface area (Å²) in [7, 11) is 0. The number of nitro groups is 1. The number of amides is 1. The van der Waals surface area contributed by atoms with E-state index in [-0.39, 0.29) is 23.5 Å². The van der Waals surface area contributed by atoms with E-state index in [2.05, 4.69) is 5.32 Å². The van der Waals surface area contributed by atoms with E-state index in [1.165, 1.54) is 18.4 Å². The van der Waals surface area contributed by atoms with Gasteiger partial charge in [0.25, 0.3) is 11.6 Å². The second kappa shape index (κ2) is 8.15. The van der Waals surface area contributed by atoms with Gasteiger partial charge < -0.3 is 19.6 Å². The zero-order chi connectivity index (χ0) is 19.2. The summed E-state index contributed by atoms with van der Waals surface area (Å²) in [6.07, 6.45) is 0.369. The highest BCUT2D eigenvalue weighted by atomic mass is 16.6. The molecule has 138 valence electrons. The fourth-order valence-corrected chi connectivity index (χ4v) is 2.38. The van der Waals surface area contributed by atoms with Crippen LogP contribution in [-0.4, -0.2) is 22.5 Å². The Bertz CT molecular complexity index is 925. The molecular formula is C19H16N2O6. The van der Waals surface area contributed by atoms with Gasteiger partial charge in [0.15, 0.2) is 0 Å². The molecular weight excluding hydrogens is 352 g/mol. The van der Waals surface area contributed by atoms with E-state index in [9.17, 15) is 20.0 Å². The van der Waals surface area contributed by atoms with Crippen LogP contribution in [0.25, 0.3) is 0 Å². The van der Waals surface area contributed by atoms with E-state index in [4.69, 9.17) is 9.15 Å². The van der Waals surface area contributed by atoms with Crippen molar-refractivity contribution >= 4 is 11.6 Å². The van der Waals surface area contributed by atoms with Crippen molar-refractivity contribution in [2.24, 2.45) is 0 Å². The van der Waals surface area contributed by atoms with E-state index in [1.807, 2.05) is 6.07 Å². The Balaban J connectivity index is 1.81. The first-order chi connectivity index (χ1) is 13.0. The minimum atomic E-state index is -1.04. The summed E-state index contributed by atoms with van der Waals surface area (Å²) >= 11 is 0. The molecule has 0 aliphatic heterocycles. The van der Waals surface area contributed by atoms with Gasteiger partial charge in [-0.05, 0) is 30.3 Å². The molecule has 0 bridgehead atoms. The van der Waals surface area contributed by atoms with Crippen LogP contribution in [0.4, 0.5) is 5.69 Å². The van der Waals surface area contributed by atoms with E-state index in [1.54, 1.807) is 36.4 Å². The maximum atomic E-state index is 12.5. The van der Waals surface area contributed by atoms with Gasteiger partial charge in [0, 0.05) is 12.1 Å². The maximum absolute atomic E-state index is 12.5. The van der Waals surface area contributed by atoms with Crippen LogP contribution in [0, 0.1) is 10.1 Å². The van der Waals surface area contributed by atoms with E-state index in [0.29, 0.717) is 11.5 Å². The Hall–Kier alpha value is -3.65. The van der Waals surface area contributed by atoms with Crippen LogP contribution in [0.3, 0.4) is 0 Å². The van der Waals surface area contributed by atoms with Crippen molar-refractivity contribution in [3.05, 3.63) is 88.4 Å². The SMILES string of the molecule is O=C(NCC(O)c1ccco1)c1cc([N+](=O)[O-])ccc1Oc1ccccc1. The largest absolute Gasteiger partial charge is 0.467 e. The molecule has 0 saturated carbocycles. The Morgan fingerprint density at radius 2 is 1.96 bits per heavy atom. The van der Waals surface area contributed by atoms with Gasteiger partial charge in [-0.15, -0.1) is 0 Å². The lowest BCUT2D eigenvalue weighted by atomic mass is 10.1. The van der Waals surface area contributed by atoms with Crippen LogP contribution in [0.2, 0.25) is 0 Å². The Kier molecular flexibility index (Phi) is 5.48. The third-order valence-corrected chi connectivity index (χ3v) is 3.72. The molecule has 1 heterocycles. The lowest BCUT2D eigenvalue weighted by Gasteiger charge is -2.13. The zero-order valence-electron chi connectivity index (χ0n) is 14.1. The standard InChI is InChI=1S/C19H16N2O6/c22-16(18-7-4-10-26-18)12-20-19(23)15-11-13(21(24)25)8-9-17(15)27-14-5-2-1-3-6-14/h1-11,16,22H,12H2,(H,20,23). The number of benzene rings is 2. The summed E-state index contributed by atoms with van der Waals surface area (Å²) in [5, 5.41) is 23.6. The maximum Gasteiger partial charge on any atom is 0.270 e. The zero-order valence-corrected chi connectivity index (χ0v) is 14.1. The van der Waals surface area contributed by atoms with Crippen molar-refractivity contribution in [1.82, 2.24) is 5.32 Å². The molecule has 0 aliphatic carbocycles. The number of carbonyl (C=O) groups excluding carboxylic acids is 1. The van der Waals surface area contributed by atoms with Gasteiger partial charge in [-0.25, -0.2) is 0 Å². The van der Waals surface area contributed by atoms with Crippen molar-refractivity contribution in [2.45, 2.75) is 6.10 Å². The summed E-state index contributed by atoms with van der Waals surface area (Å²) in [5.41, 5.74) is -0.258. The highest BCUT2D eigenvalue weighted by Gasteiger charge is 2.20. The first-order valence-corrected chi connectivity index (χ1v) is 8.05. The number of carbonyl (C=O) groups is 1. The third-order valence-electron chi connectivity index (χ3n) is 3.72. The minimum Gasteiger partial charge on any atom is -0.467 e. The number of hydrogen-bond donors (Lipinski definition) is 2. The number of hydrogen-bond acceptors (Lipinski definition) is 6. The monoisotopic (exact) mass is 368 g/mol. The lowest BCUT2D eigenvalue weighted by molar-refractivity contribution is -0.384. The molecule has 1 amide bonds. The molecule has 0 aliphatic rings. The van der Waals surface area contributed by atoms with Crippen molar-refractivity contribution in [3.63, 3.8) is 0 Å². The Morgan fingerprint density at radius 1 is 1.19 bits per heavy atom. The number of non-ortho nitro benzene ring substituents is 1. The van der Waals surface area contributed by atoms with Crippen LogP contribution in [0.15, 0.2) is 71.3 Å². The first kappa shape index (κ1) is 18.2. The van der Waals surface area contributed by atoms with Gasteiger partial charge in [-0.1, -0.05) is 18.2 Å². The predicted octanol–water partition coefficient (Wildman–Crippen LogP) is 3.44. The van der Waals surface area contributed by atoms with Crippen molar-refractivity contribution in [3.8, 4) is 11.5 Å². The average molecular weight is 368 g/mol. The molecule has 3 aromatic rings. The molecule has 2 aromatic carbocycles. The van der Waals surface area contributed by atoms with Gasteiger partial charge in [-0.3, -0.25) is 14.9 Å². The Morgan fingerprint density at radius 3 is 2.63 bits per heavy atom. The number of ether oxygens (including phenoxy) is 1. The minimum absolute atomic E-state index is 0.0142. The fourth-order valence-electron chi connectivity index (χ4n) is 2.38. The smallest absolute Gasteiger partial charge is 0.270 e. The number of aliphatic hydroxyl groups excluding tert-OH is 1. The first-order valence-electron chi connectivity index (χ1n) is 8.05. The van der Waals surface area contributed by atoms with Crippen LogP contribution in [0.5, 0.6) is 11.5 Å². The number of para-hydroxylation sites is 1. The van der Waals surface area contributed by atoms with Gasteiger partial charge in [0.2, 0.25) is 0 Å². The molecule has 3 rings (SSSR count). The number of nitro benzene ring substituents is 1. The fraction of sp³-hybridized carbons (Fsp3) is 0.105. The molecule has 27 heavy (non-hydrogen) atoms. The lowest BCUT2D eigenvalue weighted by Crippen LogP contribution is -2.28. The highest BCUT2D eigenvalue weighted by molar-refractivity contribution is 5.97. The second-order valence-corrected chi connectivity index (χ2v) is 5.59. The number of nitrogens with zero attached hydrogens (tertiary/aromatic N) is 1. The second-order valence-electron chi connectivity index (χ2n) is 5.59. The number of rotatable bonds is 7. The quantitative estimate of drug-likeness (QED) is 0.488. The predicted molar refractivity (Wildman–Crippen MR) is 95.6 cm³/mol. The highest BCUT2D eigenvalue weighted by Crippen LogP contribution is 2.28. The molecule has 0 saturated heterocycles. The number of nitrogens with one attached hydrogen (secondary N) is 1. The molecule has 0 spiro atoms. The van der Waals surface area contributed by atoms with Gasteiger partial charge in [-0.2, -0.15) is 0 Å². The van der Waals surface area contributed by atoms with Gasteiger partial charge >= 0.3 is 0 Å². The normalized spacial score (nSPS) is 11.6. The molecule has 8 nitrogen and oxygen atoms in total. The van der Waals surface area contributed by atoms with Crippen LogP contribution < -0.4 is 10.1 Å². The average Bonchev–Trinajstić information content (AvgIpc) is 3.21. The van der Waals surface area contributed by atoms with Crippen LogP contribution >= 0.6 is 0 Å². The van der Waals surface area contributed by atoms with Crippen molar-refractivity contribution in [2.75, 3.05) is 6.54 Å².